The Balaban J connectivity index is 1.60. The minimum absolute atomic E-state index is 0.00197. The molecule has 7 unspecified atom stereocenters. The predicted octanol–water partition coefficient (Wildman–Crippen LogP) is 2.55. The van der Waals surface area contributed by atoms with Gasteiger partial charge in [-0.15, -0.1) is 12.3 Å². The smallest absolute Gasteiger partial charge is 0.233 e. The van der Waals surface area contributed by atoms with Gasteiger partial charge in [0.1, 0.15) is 0 Å². The van der Waals surface area contributed by atoms with Crippen molar-refractivity contribution in [3.05, 3.63) is 42.5 Å². The quantitative estimate of drug-likeness (QED) is 0.851. The molecule has 2 saturated heterocycles. The molecule has 4 nitrogen and oxygen atoms in total. The first kappa shape index (κ1) is 14.8. The van der Waals surface area contributed by atoms with Crippen LogP contribution in [0.5, 0.6) is 0 Å². The summed E-state index contributed by atoms with van der Waals surface area (Å²) < 4.78 is 6.47. The van der Waals surface area contributed by atoms with Gasteiger partial charge in [0.15, 0.2) is 5.72 Å². The third-order valence-electron chi connectivity index (χ3n) is 7.16. The molecule has 4 aliphatic rings. The highest BCUT2D eigenvalue weighted by molar-refractivity contribution is 6.07. The Kier molecular flexibility index (Phi) is 2.66. The van der Waals surface area contributed by atoms with Crippen molar-refractivity contribution in [3.8, 4) is 12.3 Å². The number of ether oxygens (including phenoxy) is 1. The summed E-state index contributed by atoms with van der Waals surface area (Å²) in [7, 11) is 0. The second kappa shape index (κ2) is 4.68. The molecule has 2 aromatic rings. The summed E-state index contributed by atoms with van der Waals surface area (Å²) >= 11 is 0. The number of aliphatic hydroxyl groups excluding tert-OH is 1. The lowest BCUT2D eigenvalue weighted by atomic mass is 9.76. The molecule has 2 saturated carbocycles. The minimum Gasteiger partial charge on any atom is -0.390 e. The van der Waals surface area contributed by atoms with Crippen molar-refractivity contribution in [2.45, 2.75) is 30.8 Å². The van der Waals surface area contributed by atoms with E-state index in [1.165, 1.54) is 0 Å². The van der Waals surface area contributed by atoms with Gasteiger partial charge in [-0.05, 0) is 29.7 Å². The molecule has 2 aliphatic carbocycles. The Morgan fingerprint density at radius 3 is 2.88 bits per heavy atom. The number of carbonyl (C=O) groups is 1. The van der Waals surface area contributed by atoms with Gasteiger partial charge in [-0.3, -0.25) is 9.69 Å². The molecule has 0 spiro atoms. The largest absolute Gasteiger partial charge is 0.390 e. The van der Waals surface area contributed by atoms with E-state index in [2.05, 4.69) is 5.92 Å². The fraction of sp³-hybridized carbons (Fsp3) is 0.409. The monoisotopic (exact) mass is 345 g/mol. The number of hydrogen-bond acceptors (Lipinski definition) is 3. The second-order valence-corrected chi connectivity index (χ2v) is 8.09. The van der Waals surface area contributed by atoms with Crippen molar-refractivity contribution >= 4 is 22.4 Å². The molecule has 0 radical (unpaired) electrons. The van der Waals surface area contributed by atoms with Crippen molar-refractivity contribution in [2.24, 2.45) is 23.7 Å². The van der Waals surface area contributed by atoms with E-state index in [0.29, 0.717) is 6.42 Å². The normalized spacial score (nSPS) is 42.0. The molecular weight excluding hydrogens is 326 g/mol. The van der Waals surface area contributed by atoms with Gasteiger partial charge in [0.25, 0.3) is 0 Å². The molecule has 2 aromatic carbocycles. The number of anilines is 1. The molecule has 1 N–H and O–H groups in total. The average molecular weight is 345 g/mol. The highest BCUT2D eigenvalue weighted by Gasteiger charge is 2.78. The van der Waals surface area contributed by atoms with Crippen LogP contribution in [0.15, 0.2) is 42.5 Å². The van der Waals surface area contributed by atoms with E-state index in [1.807, 2.05) is 47.4 Å². The van der Waals surface area contributed by atoms with Crippen molar-refractivity contribution in [1.82, 2.24) is 0 Å². The maximum atomic E-state index is 13.5. The fourth-order valence-electron chi connectivity index (χ4n) is 6.40. The zero-order valence-corrected chi connectivity index (χ0v) is 14.2. The number of amides is 1. The zero-order valence-electron chi connectivity index (χ0n) is 14.2. The third kappa shape index (κ3) is 1.46. The Bertz CT molecular complexity index is 989. The van der Waals surface area contributed by atoms with Gasteiger partial charge >= 0.3 is 0 Å². The number of benzene rings is 2. The van der Waals surface area contributed by atoms with Crippen molar-refractivity contribution in [1.29, 1.82) is 0 Å². The van der Waals surface area contributed by atoms with Crippen molar-refractivity contribution in [3.63, 3.8) is 0 Å². The van der Waals surface area contributed by atoms with Crippen LogP contribution in [0.25, 0.3) is 10.8 Å². The molecule has 130 valence electrons. The Hall–Kier alpha value is -2.35. The van der Waals surface area contributed by atoms with Crippen LogP contribution in [0.3, 0.4) is 0 Å². The van der Waals surface area contributed by atoms with E-state index >= 15 is 0 Å². The summed E-state index contributed by atoms with van der Waals surface area (Å²) in [5.74, 6) is 2.97. The molecule has 4 fully saturated rings. The highest BCUT2D eigenvalue weighted by Crippen LogP contribution is 2.68. The van der Waals surface area contributed by atoms with Crippen molar-refractivity contribution in [2.75, 3.05) is 4.90 Å². The van der Waals surface area contributed by atoms with Crippen LogP contribution in [-0.4, -0.2) is 28.9 Å². The van der Waals surface area contributed by atoms with Crippen LogP contribution in [-0.2, 0) is 9.53 Å². The number of fused-ring (bicyclic) bond motifs is 3. The van der Waals surface area contributed by atoms with Crippen LogP contribution in [0.4, 0.5) is 5.69 Å². The molecular formula is C22H19NO3. The molecule has 2 aliphatic heterocycles. The molecule has 7 atom stereocenters. The van der Waals surface area contributed by atoms with Crippen LogP contribution >= 0.6 is 0 Å². The fourth-order valence-corrected chi connectivity index (χ4v) is 6.40. The van der Waals surface area contributed by atoms with E-state index in [-0.39, 0.29) is 35.7 Å². The molecule has 0 aromatic heterocycles. The lowest BCUT2D eigenvalue weighted by Crippen LogP contribution is -2.51. The average Bonchev–Trinajstić information content (AvgIpc) is 3.31. The van der Waals surface area contributed by atoms with Crippen LogP contribution in [0.1, 0.15) is 12.8 Å². The number of rotatable bonds is 2. The molecule has 1 amide bonds. The summed E-state index contributed by atoms with van der Waals surface area (Å²) in [5.41, 5.74) is 0.0506. The van der Waals surface area contributed by atoms with E-state index in [1.54, 1.807) is 0 Å². The van der Waals surface area contributed by atoms with Crippen LogP contribution < -0.4 is 4.90 Å². The van der Waals surface area contributed by atoms with E-state index < -0.39 is 11.8 Å². The zero-order chi connectivity index (χ0) is 17.6. The maximum absolute atomic E-state index is 13.5. The summed E-state index contributed by atoms with van der Waals surface area (Å²) in [4.78, 5) is 15.4. The van der Waals surface area contributed by atoms with Gasteiger partial charge in [-0.25, -0.2) is 0 Å². The van der Waals surface area contributed by atoms with Gasteiger partial charge in [-0.1, -0.05) is 36.4 Å². The second-order valence-electron chi connectivity index (χ2n) is 8.09. The lowest BCUT2D eigenvalue weighted by molar-refractivity contribution is -0.132. The molecule has 2 heterocycles. The first-order valence-electron chi connectivity index (χ1n) is 9.28. The Morgan fingerprint density at radius 1 is 1.23 bits per heavy atom. The number of hydrogen-bond donors (Lipinski definition) is 1. The SMILES string of the molecule is C#CCC12OC3C(O)C4CC3C1C4C(=O)N2c1cccc2ccccc12. The van der Waals surface area contributed by atoms with Crippen LogP contribution in [0, 0.1) is 36.0 Å². The summed E-state index contributed by atoms with van der Waals surface area (Å²) in [6.45, 7) is 0. The van der Waals surface area contributed by atoms with Gasteiger partial charge < -0.3 is 9.84 Å². The van der Waals surface area contributed by atoms with E-state index in [4.69, 9.17) is 11.2 Å². The summed E-state index contributed by atoms with van der Waals surface area (Å²) in [6.07, 6.45) is 6.23. The molecule has 4 heteroatoms. The van der Waals surface area contributed by atoms with Gasteiger partial charge in [0, 0.05) is 11.3 Å². The first-order chi connectivity index (χ1) is 12.7. The van der Waals surface area contributed by atoms with Crippen molar-refractivity contribution < 1.29 is 14.6 Å². The first-order valence-corrected chi connectivity index (χ1v) is 9.28. The number of terminal acetylenes is 1. The predicted molar refractivity (Wildman–Crippen MR) is 97.1 cm³/mol. The van der Waals surface area contributed by atoms with Gasteiger partial charge in [-0.2, -0.15) is 0 Å². The standard InChI is InChI=1S/C22H19NO3/c1-2-10-22-18-15-11-14(19(24)20(15)26-22)17(18)21(25)23(22)16-9-5-7-12-6-3-4-8-13(12)16/h1,3-9,14-15,17-20,24H,10-11H2. The minimum atomic E-state index is -0.817. The summed E-state index contributed by atoms with van der Waals surface area (Å²) in [5, 5.41) is 12.7. The van der Waals surface area contributed by atoms with Crippen LogP contribution in [0.2, 0.25) is 0 Å². The number of carbonyl (C=O) groups excluding carboxylic acids is 1. The van der Waals surface area contributed by atoms with Gasteiger partial charge in [0.05, 0.1) is 30.2 Å². The van der Waals surface area contributed by atoms with Gasteiger partial charge in [0.2, 0.25) is 5.91 Å². The van der Waals surface area contributed by atoms with E-state index in [9.17, 15) is 9.90 Å². The Labute approximate surface area is 151 Å². The molecule has 6 rings (SSSR count). The lowest BCUT2D eigenvalue weighted by Gasteiger charge is -2.38. The maximum Gasteiger partial charge on any atom is 0.233 e. The molecule has 2 bridgehead atoms. The molecule has 26 heavy (non-hydrogen) atoms. The summed E-state index contributed by atoms with van der Waals surface area (Å²) in [6, 6.07) is 14.1. The third-order valence-corrected chi connectivity index (χ3v) is 7.16. The number of nitrogens with zero attached hydrogens (tertiary/aromatic N) is 1. The van der Waals surface area contributed by atoms with E-state index in [0.717, 1.165) is 22.9 Å². The highest BCUT2D eigenvalue weighted by atomic mass is 16.6. The topological polar surface area (TPSA) is 49.8 Å². The Morgan fingerprint density at radius 2 is 2.04 bits per heavy atom. The number of aliphatic hydroxyl groups is 1.